The van der Waals surface area contributed by atoms with Gasteiger partial charge in [-0.3, -0.25) is 4.79 Å². The summed E-state index contributed by atoms with van der Waals surface area (Å²) in [6.07, 6.45) is 1.64. The molecule has 2 aromatic rings. The lowest BCUT2D eigenvalue weighted by atomic mass is 9.79. The van der Waals surface area contributed by atoms with Crippen LogP contribution in [-0.2, 0) is 16.8 Å². The van der Waals surface area contributed by atoms with E-state index in [0.29, 0.717) is 6.42 Å². The number of hydrogen-bond acceptors (Lipinski definition) is 3. The van der Waals surface area contributed by atoms with Crippen LogP contribution in [-0.4, -0.2) is 22.7 Å². The van der Waals surface area contributed by atoms with Crippen LogP contribution >= 0.6 is 0 Å². The van der Waals surface area contributed by atoms with Gasteiger partial charge in [0.1, 0.15) is 5.60 Å². The van der Waals surface area contributed by atoms with E-state index in [0.717, 1.165) is 29.5 Å². The van der Waals surface area contributed by atoms with Crippen LogP contribution in [0.2, 0.25) is 0 Å². The molecule has 2 unspecified atom stereocenters. The zero-order valence-corrected chi connectivity index (χ0v) is 13.6. The number of carbonyl (C=O) groups excluding carboxylic acids is 1. The molecule has 0 heterocycles. The standard InChI is InChI=1S/C20H23NO3/c22-18(16-8-2-1-3-9-16)13-19(23)21-14-20(24)12-6-10-15-7-4-5-11-17(15)20/h1-5,7-9,11,18,22,24H,6,10,12-14H2,(H,21,23). The first kappa shape index (κ1) is 16.7. The largest absolute Gasteiger partial charge is 0.388 e. The van der Waals surface area contributed by atoms with Crippen LogP contribution in [0.1, 0.15) is 42.1 Å². The third-order valence-electron chi connectivity index (χ3n) is 4.70. The van der Waals surface area contributed by atoms with Crippen LogP contribution < -0.4 is 5.32 Å². The highest BCUT2D eigenvalue weighted by molar-refractivity contribution is 5.76. The number of rotatable bonds is 5. The van der Waals surface area contributed by atoms with Crippen LogP contribution in [0, 0.1) is 0 Å². The second-order valence-corrected chi connectivity index (χ2v) is 6.45. The Hall–Kier alpha value is -2.17. The highest BCUT2D eigenvalue weighted by atomic mass is 16.3. The first-order valence-corrected chi connectivity index (χ1v) is 8.39. The van der Waals surface area contributed by atoms with Gasteiger partial charge in [-0.25, -0.2) is 0 Å². The van der Waals surface area contributed by atoms with Crippen LogP contribution in [0.3, 0.4) is 0 Å². The van der Waals surface area contributed by atoms with Gasteiger partial charge in [0, 0.05) is 0 Å². The normalized spacial score (nSPS) is 20.9. The molecule has 2 atom stereocenters. The summed E-state index contributed by atoms with van der Waals surface area (Å²) in [5.74, 6) is -0.261. The Morgan fingerprint density at radius 2 is 1.83 bits per heavy atom. The number of aryl methyl sites for hydroxylation is 1. The van der Waals surface area contributed by atoms with E-state index in [4.69, 9.17) is 0 Å². The number of aliphatic hydroxyl groups excluding tert-OH is 1. The van der Waals surface area contributed by atoms with Crippen LogP contribution in [0.4, 0.5) is 0 Å². The van der Waals surface area contributed by atoms with Crippen molar-refractivity contribution in [3.05, 3.63) is 71.3 Å². The third-order valence-corrected chi connectivity index (χ3v) is 4.70. The summed E-state index contributed by atoms with van der Waals surface area (Å²) in [5.41, 5.74) is 1.74. The van der Waals surface area contributed by atoms with Crippen molar-refractivity contribution in [2.75, 3.05) is 6.54 Å². The maximum Gasteiger partial charge on any atom is 0.223 e. The predicted molar refractivity (Wildman–Crippen MR) is 92.3 cm³/mol. The van der Waals surface area contributed by atoms with Crippen molar-refractivity contribution in [3.63, 3.8) is 0 Å². The molecule has 1 aliphatic rings. The summed E-state index contributed by atoms with van der Waals surface area (Å²) in [7, 11) is 0. The summed E-state index contributed by atoms with van der Waals surface area (Å²) in [6, 6.07) is 17.0. The molecule has 0 bridgehead atoms. The first-order chi connectivity index (χ1) is 11.6. The topological polar surface area (TPSA) is 69.6 Å². The van der Waals surface area contributed by atoms with E-state index < -0.39 is 11.7 Å². The van der Waals surface area contributed by atoms with Crippen molar-refractivity contribution in [2.45, 2.75) is 37.4 Å². The van der Waals surface area contributed by atoms with Gasteiger partial charge in [0.05, 0.1) is 19.1 Å². The Bertz CT molecular complexity index is 701. The van der Waals surface area contributed by atoms with Gasteiger partial charge in [0.2, 0.25) is 5.91 Å². The number of carbonyl (C=O) groups is 1. The highest BCUT2D eigenvalue weighted by Crippen LogP contribution is 2.34. The van der Waals surface area contributed by atoms with Crippen molar-refractivity contribution >= 4 is 5.91 Å². The fraction of sp³-hybridized carbons (Fsp3) is 0.350. The lowest BCUT2D eigenvalue weighted by molar-refractivity contribution is -0.124. The number of hydrogen-bond donors (Lipinski definition) is 3. The van der Waals surface area contributed by atoms with E-state index in [1.807, 2.05) is 42.5 Å². The fourth-order valence-corrected chi connectivity index (χ4v) is 3.37. The minimum Gasteiger partial charge on any atom is -0.388 e. The number of aliphatic hydroxyl groups is 2. The predicted octanol–water partition coefficient (Wildman–Crippen LogP) is 2.45. The Balaban J connectivity index is 1.60. The number of fused-ring (bicyclic) bond motifs is 1. The SMILES string of the molecule is O=C(CC(O)c1ccccc1)NCC1(O)CCCc2ccccc21. The van der Waals surface area contributed by atoms with Crippen LogP contribution in [0.15, 0.2) is 54.6 Å². The van der Waals surface area contributed by atoms with Crippen molar-refractivity contribution in [1.82, 2.24) is 5.32 Å². The molecule has 4 heteroatoms. The molecule has 0 spiro atoms. The van der Waals surface area contributed by atoms with E-state index in [1.54, 1.807) is 12.1 Å². The van der Waals surface area contributed by atoms with Gasteiger partial charge < -0.3 is 15.5 Å². The third kappa shape index (κ3) is 3.66. The van der Waals surface area contributed by atoms with Gasteiger partial charge in [-0.1, -0.05) is 54.6 Å². The molecule has 0 saturated heterocycles. The second kappa shape index (κ2) is 7.16. The van der Waals surface area contributed by atoms with Crippen LogP contribution in [0.25, 0.3) is 0 Å². The Labute approximate surface area is 142 Å². The number of benzene rings is 2. The van der Waals surface area contributed by atoms with Gasteiger partial charge in [-0.05, 0) is 36.0 Å². The summed E-state index contributed by atoms with van der Waals surface area (Å²) in [5, 5.41) is 23.9. The van der Waals surface area contributed by atoms with E-state index in [2.05, 4.69) is 5.32 Å². The van der Waals surface area contributed by atoms with E-state index >= 15 is 0 Å². The number of nitrogens with one attached hydrogen (secondary N) is 1. The smallest absolute Gasteiger partial charge is 0.223 e. The zero-order valence-electron chi connectivity index (χ0n) is 13.6. The van der Waals surface area contributed by atoms with Gasteiger partial charge in [0.25, 0.3) is 0 Å². The maximum absolute atomic E-state index is 12.1. The molecule has 1 aliphatic carbocycles. The zero-order chi connectivity index (χ0) is 17.0. The number of amides is 1. The summed E-state index contributed by atoms with van der Waals surface area (Å²) < 4.78 is 0. The van der Waals surface area contributed by atoms with E-state index in [-0.39, 0.29) is 18.9 Å². The van der Waals surface area contributed by atoms with Gasteiger partial charge >= 0.3 is 0 Å². The molecule has 1 amide bonds. The minimum atomic E-state index is -1.03. The molecule has 126 valence electrons. The van der Waals surface area contributed by atoms with Crippen molar-refractivity contribution in [1.29, 1.82) is 0 Å². The lowest BCUT2D eigenvalue weighted by Gasteiger charge is -2.34. The average molecular weight is 325 g/mol. The summed E-state index contributed by atoms with van der Waals surface area (Å²) in [4.78, 5) is 12.1. The van der Waals surface area contributed by atoms with Crippen molar-refractivity contribution < 1.29 is 15.0 Å². The summed E-state index contributed by atoms with van der Waals surface area (Å²) >= 11 is 0. The lowest BCUT2D eigenvalue weighted by Crippen LogP contribution is -2.43. The molecule has 0 fully saturated rings. The van der Waals surface area contributed by atoms with Crippen molar-refractivity contribution in [3.8, 4) is 0 Å². The van der Waals surface area contributed by atoms with Gasteiger partial charge in [0.15, 0.2) is 0 Å². The Morgan fingerprint density at radius 3 is 2.62 bits per heavy atom. The molecule has 24 heavy (non-hydrogen) atoms. The van der Waals surface area contributed by atoms with Crippen molar-refractivity contribution in [2.24, 2.45) is 0 Å². The fourth-order valence-electron chi connectivity index (χ4n) is 3.37. The minimum absolute atomic E-state index is 0.0122. The van der Waals surface area contributed by atoms with E-state index in [1.165, 1.54) is 0 Å². The molecule has 0 radical (unpaired) electrons. The molecular weight excluding hydrogens is 302 g/mol. The van der Waals surface area contributed by atoms with E-state index in [9.17, 15) is 15.0 Å². The Morgan fingerprint density at radius 1 is 1.12 bits per heavy atom. The summed E-state index contributed by atoms with van der Waals surface area (Å²) in [6.45, 7) is 0.171. The van der Waals surface area contributed by atoms with Gasteiger partial charge in [-0.15, -0.1) is 0 Å². The molecule has 2 aromatic carbocycles. The second-order valence-electron chi connectivity index (χ2n) is 6.45. The maximum atomic E-state index is 12.1. The van der Waals surface area contributed by atoms with Gasteiger partial charge in [-0.2, -0.15) is 0 Å². The molecule has 0 saturated carbocycles. The molecule has 4 nitrogen and oxygen atoms in total. The molecule has 0 aliphatic heterocycles. The monoisotopic (exact) mass is 325 g/mol. The van der Waals surface area contributed by atoms with Crippen LogP contribution in [0.5, 0.6) is 0 Å². The quantitative estimate of drug-likeness (QED) is 0.791. The average Bonchev–Trinajstić information content (AvgIpc) is 2.61. The molecular formula is C20H23NO3. The highest BCUT2D eigenvalue weighted by Gasteiger charge is 2.34. The Kier molecular flexibility index (Phi) is 4.97. The molecule has 3 N–H and O–H groups in total. The first-order valence-electron chi connectivity index (χ1n) is 8.39. The molecule has 0 aromatic heterocycles. The molecule has 3 rings (SSSR count).